The van der Waals surface area contributed by atoms with Gasteiger partial charge in [-0.15, -0.1) is 0 Å². The zero-order valence-electron chi connectivity index (χ0n) is 15.8. The molecule has 1 saturated heterocycles. The molecule has 2 rings (SSSR count). The van der Waals surface area contributed by atoms with Gasteiger partial charge in [0, 0.05) is 12.0 Å². The molecule has 2 fully saturated rings. The molecule has 9 heteroatoms. The van der Waals surface area contributed by atoms with Crippen molar-refractivity contribution in [1.82, 2.24) is 10.2 Å². The van der Waals surface area contributed by atoms with Gasteiger partial charge in [-0.2, -0.15) is 0 Å². The van der Waals surface area contributed by atoms with Crippen LogP contribution >= 0.6 is 0 Å². The van der Waals surface area contributed by atoms with Crippen molar-refractivity contribution in [2.75, 3.05) is 13.2 Å². The largest absolute Gasteiger partial charge is 0.393 e. The van der Waals surface area contributed by atoms with E-state index in [4.69, 9.17) is 14.9 Å². The molecule has 2 amide bonds. The first-order chi connectivity index (χ1) is 12.1. The third-order valence-corrected chi connectivity index (χ3v) is 4.92. The minimum atomic E-state index is -2.23. The predicted molar refractivity (Wildman–Crippen MR) is 93.7 cm³/mol. The molecule has 0 radical (unpaired) electrons. The van der Waals surface area contributed by atoms with Crippen molar-refractivity contribution in [2.24, 2.45) is 5.92 Å². The fourth-order valence-corrected chi connectivity index (χ4v) is 3.57. The number of hydrogen-bond donors (Lipinski definition) is 5. The highest BCUT2D eigenvalue weighted by molar-refractivity contribution is 6.03. The van der Waals surface area contributed by atoms with Gasteiger partial charge >= 0.3 is 6.03 Å². The van der Waals surface area contributed by atoms with Gasteiger partial charge in [0.05, 0.1) is 31.5 Å². The minimum absolute atomic E-state index is 0.00274. The number of carbonyl (C=O) groups is 1. The normalized spacial score (nSPS) is 35.5. The maximum absolute atomic E-state index is 12.4. The summed E-state index contributed by atoms with van der Waals surface area (Å²) >= 11 is 0. The van der Waals surface area contributed by atoms with E-state index in [0.717, 1.165) is 4.90 Å². The number of nitrogens with one attached hydrogen (secondary N) is 2. The third kappa shape index (κ3) is 4.17. The predicted octanol–water partition coefficient (Wildman–Crippen LogP) is 0.0279. The van der Waals surface area contributed by atoms with Crippen molar-refractivity contribution in [2.45, 2.75) is 76.7 Å². The van der Waals surface area contributed by atoms with Crippen molar-refractivity contribution in [1.29, 1.82) is 5.41 Å². The van der Waals surface area contributed by atoms with E-state index in [1.807, 2.05) is 27.7 Å². The van der Waals surface area contributed by atoms with Crippen LogP contribution in [-0.2, 0) is 9.47 Å². The van der Waals surface area contributed by atoms with Crippen molar-refractivity contribution in [3.05, 3.63) is 0 Å². The highest BCUT2D eigenvalue weighted by Crippen LogP contribution is 2.36. The number of carbonyl (C=O) groups excluding carboxylic acids is 1. The van der Waals surface area contributed by atoms with Gasteiger partial charge < -0.3 is 24.8 Å². The molecule has 26 heavy (non-hydrogen) atoms. The number of nitrogens with zero attached hydrogens (tertiary/aromatic N) is 1. The van der Waals surface area contributed by atoms with Gasteiger partial charge in [0.15, 0.2) is 11.8 Å². The molecule has 3 unspecified atom stereocenters. The Kier molecular flexibility index (Phi) is 6.62. The molecule has 150 valence electrons. The standard InChI is InChI=1S/C17H31N3O6/c1-9(2)25-7-11-5-12(6-13(11)26-10(3)4)20-15(22)17(24,8-21)14(18)19-16(20)23/h9-13,15,21-22,24H,5-8H2,1-4H3,(H2,18,19,23)/t11-,12-,13?,15?,17?/m1/s1. The Labute approximate surface area is 153 Å². The van der Waals surface area contributed by atoms with Crippen molar-refractivity contribution in [3.8, 4) is 0 Å². The summed E-state index contributed by atoms with van der Waals surface area (Å²) in [6.45, 7) is 7.35. The van der Waals surface area contributed by atoms with Gasteiger partial charge in [0.25, 0.3) is 0 Å². The van der Waals surface area contributed by atoms with Crippen LogP contribution in [0.5, 0.6) is 0 Å². The third-order valence-electron chi connectivity index (χ3n) is 4.92. The van der Waals surface area contributed by atoms with Crippen LogP contribution in [0.15, 0.2) is 0 Å². The second-order valence-electron chi connectivity index (χ2n) is 7.66. The van der Waals surface area contributed by atoms with E-state index in [1.165, 1.54) is 0 Å². The first kappa shape index (κ1) is 21.0. The van der Waals surface area contributed by atoms with Crippen LogP contribution in [0.4, 0.5) is 4.79 Å². The molecule has 1 aliphatic carbocycles. The summed E-state index contributed by atoms with van der Waals surface area (Å²) in [6.07, 6.45) is -0.779. The van der Waals surface area contributed by atoms with Crippen LogP contribution in [0.2, 0.25) is 0 Å². The lowest BCUT2D eigenvalue weighted by Crippen LogP contribution is -2.72. The second kappa shape index (κ2) is 8.18. The SMILES string of the molecule is CC(C)OC[C@H]1C[C@@H](N2C(=O)NC(=N)C(O)(CO)C2O)CC1OC(C)C. The fourth-order valence-electron chi connectivity index (χ4n) is 3.57. The lowest BCUT2D eigenvalue weighted by atomic mass is 9.96. The molecule has 1 aliphatic heterocycles. The van der Waals surface area contributed by atoms with Crippen molar-refractivity contribution >= 4 is 11.9 Å². The Balaban J connectivity index is 2.18. The van der Waals surface area contributed by atoms with Crippen molar-refractivity contribution < 1.29 is 29.6 Å². The van der Waals surface area contributed by atoms with Crippen LogP contribution < -0.4 is 5.32 Å². The van der Waals surface area contributed by atoms with E-state index in [-0.39, 0.29) is 24.2 Å². The van der Waals surface area contributed by atoms with Crippen LogP contribution in [0.3, 0.4) is 0 Å². The number of amides is 2. The summed E-state index contributed by atoms with van der Waals surface area (Å²) in [7, 11) is 0. The number of aliphatic hydroxyl groups is 3. The molecule has 0 aromatic rings. The molecule has 0 spiro atoms. The maximum Gasteiger partial charge on any atom is 0.325 e. The van der Waals surface area contributed by atoms with Gasteiger partial charge in [-0.05, 0) is 40.5 Å². The minimum Gasteiger partial charge on any atom is -0.393 e. The summed E-state index contributed by atoms with van der Waals surface area (Å²) < 4.78 is 11.7. The Morgan fingerprint density at radius 2 is 1.96 bits per heavy atom. The molecule has 1 heterocycles. The van der Waals surface area contributed by atoms with E-state index in [0.29, 0.717) is 19.4 Å². The average molecular weight is 373 g/mol. The summed E-state index contributed by atoms with van der Waals surface area (Å²) in [4.78, 5) is 13.5. The molecule has 2 aliphatic rings. The molecule has 0 aromatic carbocycles. The zero-order chi connectivity index (χ0) is 19.6. The number of rotatable bonds is 7. The van der Waals surface area contributed by atoms with Gasteiger partial charge in [0.1, 0.15) is 5.84 Å². The fraction of sp³-hybridized carbons (Fsp3) is 0.882. The lowest BCUT2D eigenvalue weighted by molar-refractivity contribution is -0.134. The molecule has 9 nitrogen and oxygen atoms in total. The summed E-state index contributed by atoms with van der Waals surface area (Å²) in [6, 6.07) is -1.07. The first-order valence-corrected chi connectivity index (χ1v) is 9.06. The van der Waals surface area contributed by atoms with Crippen LogP contribution in [-0.4, -0.2) is 81.5 Å². The summed E-state index contributed by atoms with van der Waals surface area (Å²) in [5, 5.41) is 40.2. The first-order valence-electron chi connectivity index (χ1n) is 9.06. The van der Waals surface area contributed by atoms with Crippen LogP contribution in [0.25, 0.3) is 0 Å². The number of amidine groups is 1. The van der Waals surface area contributed by atoms with Crippen LogP contribution in [0, 0.1) is 11.3 Å². The average Bonchev–Trinajstić information content (AvgIpc) is 2.92. The van der Waals surface area contributed by atoms with Gasteiger partial charge in [0.2, 0.25) is 0 Å². The van der Waals surface area contributed by atoms with Crippen LogP contribution in [0.1, 0.15) is 40.5 Å². The Morgan fingerprint density at radius 1 is 1.31 bits per heavy atom. The maximum atomic E-state index is 12.4. The Hall–Kier alpha value is -1.26. The topological polar surface area (TPSA) is 135 Å². The molecule has 5 N–H and O–H groups in total. The van der Waals surface area contributed by atoms with E-state index in [9.17, 15) is 20.1 Å². The van der Waals surface area contributed by atoms with E-state index < -0.39 is 36.3 Å². The highest BCUT2D eigenvalue weighted by Gasteiger charge is 2.53. The highest BCUT2D eigenvalue weighted by atomic mass is 16.5. The monoisotopic (exact) mass is 373 g/mol. The molecule has 0 bridgehead atoms. The molecular formula is C17H31N3O6. The van der Waals surface area contributed by atoms with Gasteiger partial charge in [-0.1, -0.05) is 0 Å². The number of ether oxygens (including phenoxy) is 2. The van der Waals surface area contributed by atoms with E-state index >= 15 is 0 Å². The number of hydrogen-bond acceptors (Lipinski definition) is 7. The van der Waals surface area contributed by atoms with E-state index in [2.05, 4.69) is 5.32 Å². The smallest absolute Gasteiger partial charge is 0.325 e. The van der Waals surface area contributed by atoms with E-state index in [1.54, 1.807) is 0 Å². The van der Waals surface area contributed by atoms with Gasteiger partial charge in [-0.3, -0.25) is 15.6 Å². The summed E-state index contributed by atoms with van der Waals surface area (Å²) in [5.74, 6) is -0.574. The second-order valence-corrected chi connectivity index (χ2v) is 7.66. The lowest BCUT2D eigenvalue weighted by Gasteiger charge is -2.45. The number of urea groups is 1. The zero-order valence-corrected chi connectivity index (χ0v) is 15.8. The molecule has 5 atom stereocenters. The van der Waals surface area contributed by atoms with Crippen molar-refractivity contribution in [3.63, 3.8) is 0 Å². The molecular weight excluding hydrogens is 342 g/mol. The quantitative estimate of drug-likeness (QED) is 0.427. The van der Waals surface area contributed by atoms with Gasteiger partial charge in [-0.25, -0.2) is 4.79 Å². The summed E-state index contributed by atoms with van der Waals surface area (Å²) in [5.41, 5.74) is -2.23. The molecule has 0 aromatic heterocycles. The number of aliphatic hydroxyl groups excluding tert-OH is 2. The Morgan fingerprint density at radius 3 is 2.50 bits per heavy atom. The molecule has 1 saturated carbocycles. The Bertz CT molecular complexity index is 529.